The molecule has 16 heavy (non-hydrogen) atoms. The molecule has 2 aromatic heterocycles. The van der Waals surface area contributed by atoms with Crippen molar-refractivity contribution in [2.24, 2.45) is 0 Å². The van der Waals surface area contributed by atoms with Gasteiger partial charge in [-0.05, 0) is 39.7 Å². The van der Waals surface area contributed by atoms with Gasteiger partial charge >= 0.3 is 0 Å². The van der Waals surface area contributed by atoms with E-state index < -0.39 is 0 Å². The van der Waals surface area contributed by atoms with Gasteiger partial charge in [0.05, 0.1) is 17.2 Å². The van der Waals surface area contributed by atoms with E-state index in [0.29, 0.717) is 21.6 Å². The number of hydrogen-bond acceptors (Lipinski definition) is 3. The van der Waals surface area contributed by atoms with Gasteiger partial charge in [-0.15, -0.1) is 0 Å². The first-order valence-corrected chi connectivity index (χ1v) is 5.90. The van der Waals surface area contributed by atoms with Gasteiger partial charge in [-0.3, -0.25) is 0 Å². The summed E-state index contributed by atoms with van der Waals surface area (Å²) in [4.78, 5) is 8.01. The molecule has 0 unspecified atom stereocenters. The Kier molecular flexibility index (Phi) is 2.31. The fourth-order valence-corrected chi connectivity index (χ4v) is 2.64. The lowest BCUT2D eigenvalue weighted by Gasteiger charge is -2.02. The van der Waals surface area contributed by atoms with Crippen LogP contribution in [0.15, 0.2) is 27.3 Å². The molecule has 3 rings (SSSR count). The quantitative estimate of drug-likeness (QED) is 0.454. The van der Waals surface area contributed by atoms with Crippen LogP contribution in [0.2, 0.25) is 10.4 Å². The van der Waals surface area contributed by atoms with Crippen molar-refractivity contribution >= 4 is 61.0 Å². The molecule has 80 valence electrons. The van der Waals surface area contributed by atoms with Gasteiger partial charge in [-0.1, -0.05) is 11.6 Å². The first-order valence-electron chi connectivity index (χ1n) is 4.35. The first kappa shape index (κ1) is 10.3. The topological polar surface area (TPSA) is 38.9 Å². The molecule has 3 nitrogen and oxygen atoms in total. The molecule has 0 saturated heterocycles. The highest BCUT2D eigenvalue weighted by molar-refractivity contribution is 9.10. The van der Waals surface area contributed by atoms with Crippen LogP contribution < -0.4 is 0 Å². The Morgan fingerprint density at radius 3 is 2.88 bits per heavy atom. The number of furan rings is 1. The highest BCUT2D eigenvalue weighted by atomic mass is 79.9. The molecule has 0 aliphatic heterocycles. The second-order valence-corrected chi connectivity index (χ2v) is 4.75. The van der Waals surface area contributed by atoms with E-state index in [4.69, 9.17) is 27.6 Å². The van der Waals surface area contributed by atoms with Crippen molar-refractivity contribution in [2.75, 3.05) is 0 Å². The predicted octanol–water partition coefficient (Wildman–Crippen LogP) is 4.45. The molecule has 3 aromatic rings. The second kappa shape index (κ2) is 3.58. The van der Waals surface area contributed by atoms with E-state index in [1.54, 1.807) is 6.26 Å². The maximum absolute atomic E-state index is 6.04. The van der Waals surface area contributed by atoms with E-state index in [1.165, 1.54) is 0 Å². The molecule has 0 saturated carbocycles. The lowest BCUT2D eigenvalue weighted by Crippen LogP contribution is -1.87. The van der Waals surface area contributed by atoms with Crippen LogP contribution in [0.5, 0.6) is 0 Å². The van der Waals surface area contributed by atoms with E-state index >= 15 is 0 Å². The minimum Gasteiger partial charge on any atom is -0.463 e. The number of benzene rings is 1. The van der Waals surface area contributed by atoms with Crippen molar-refractivity contribution in [2.45, 2.75) is 0 Å². The van der Waals surface area contributed by atoms with Gasteiger partial charge in [0.2, 0.25) is 5.28 Å². The Balaban J connectivity index is 2.64. The van der Waals surface area contributed by atoms with Crippen molar-refractivity contribution in [1.29, 1.82) is 0 Å². The lowest BCUT2D eigenvalue weighted by molar-refractivity contribution is 0.619. The highest BCUT2D eigenvalue weighted by Gasteiger charge is 2.13. The van der Waals surface area contributed by atoms with Crippen LogP contribution in [0, 0.1) is 0 Å². The number of hydrogen-bond donors (Lipinski definition) is 0. The van der Waals surface area contributed by atoms with Gasteiger partial charge in [0.15, 0.2) is 0 Å². The third kappa shape index (κ3) is 1.41. The number of nitrogens with zero attached hydrogens (tertiary/aromatic N) is 2. The van der Waals surface area contributed by atoms with Gasteiger partial charge < -0.3 is 4.42 Å². The standard InChI is InChI=1S/C10H3BrCl2N2O/c11-5-3-6-7(8-4(5)1-2-16-8)9(12)15-10(13)14-6/h1-3H. The largest absolute Gasteiger partial charge is 0.463 e. The molecule has 0 aliphatic carbocycles. The zero-order valence-corrected chi connectivity index (χ0v) is 10.8. The lowest BCUT2D eigenvalue weighted by atomic mass is 10.2. The fourth-order valence-electron chi connectivity index (χ4n) is 1.63. The van der Waals surface area contributed by atoms with Gasteiger partial charge in [0.25, 0.3) is 0 Å². The van der Waals surface area contributed by atoms with Crippen molar-refractivity contribution in [3.8, 4) is 0 Å². The Morgan fingerprint density at radius 1 is 1.25 bits per heavy atom. The Hall–Kier alpha value is -0.840. The van der Waals surface area contributed by atoms with E-state index in [1.807, 2.05) is 12.1 Å². The first-order chi connectivity index (χ1) is 7.66. The van der Waals surface area contributed by atoms with Crippen LogP contribution in [-0.4, -0.2) is 9.97 Å². The third-order valence-electron chi connectivity index (χ3n) is 2.28. The molecule has 2 heterocycles. The Bertz CT molecular complexity index is 711. The maximum atomic E-state index is 6.04. The fraction of sp³-hybridized carbons (Fsp3) is 0. The molecule has 0 spiro atoms. The monoisotopic (exact) mass is 316 g/mol. The number of rotatable bonds is 0. The number of halogens is 3. The van der Waals surface area contributed by atoms with Crippen molar-refractivity contribution in [1.82, 2.24) is 9.97 Å². The smallest absolute Gasteiger partial charge is 0.224 e. The van der Waals surface area contributed by atoms with Gasteiger partial charge in [-0.2, -0.15) is 0 Å². The molecule has 0 fully saturated rings. The molecule has 1 aromatic carbocycles. The van der Waals surface area contributed by atoms with Crippen LogP contribution in [0.1, 0.15) is 0 Å². The summed E-state index contributed by atoms with van der Waals surface area (Å²) in [5, 5.41) is 2.02. The zero-order valence-electron chi connectivity index (χ0n) is 7.67. The van der Waals surface area contributed by atoms with Gasteiger partial charge in [-0.25, -0.2) is 9.97 Å². The molecular weight excluding hydrogens is 315 g/mol. The molecule has 6 heteroatoms. The summed E-state index contributed by atoms with van der Waals surface area (Å²) >= 11 is 15.2. The van der Waals surface area contributed by atoms with Crippen molar-refractivity contribution in [3.63, 3.8) is 0 Å². The van der Waals surface area contributed by atoms with E-state index in [2.05, 4.69) is 25.9 Å². The summed E-state index contributed by atoms with van der Waals surface area (Å²) in [5.41, 5.74) is 1.31. The average molecular weight is 318 g/mol. The summed E-state index contributed by atoms with van der Waals surface area (Å²) in [7, 11) is 0. The van der Waals surface area contributed by atoms with Gasteiger partial charge in [0.1, 0.15) is 10.7 Å². The second-order valence-electron chi connectivity index (χ2n) is 3.20. The molecular formula is C10H3BrCl2N2O. The molecule has 0 N–H and O–H groups in total. The third-order valence-corrected chi connectivity index (χ3v) is 3.38. The molecule has 0 amide bonds. The zero-order chi connectivity index (χ0) is 11.3. The van der Waals surface area contributed by atoms with Gasteiger partial charge in [0, 0.05) is 9.86 Å². The van der Waals surface area contributed by atoms with E-state index in [-0.39, 0.29) is 5.28 Å². The van der Waals surface area contributed by atoms with Crippen LogP contribution in [0.3, 0.4) is 0 Å². The molecule has 0 radical (unpaired) electrons. The normalized spacial score (nSPS) is 11.4. The number of aromatic nitrogens is 2. The van der Waals surface area contributed by atoms with Crippen LogP contribution in [0.25, 0.3) is 21.9 Å². The molecule has 0 aliphatic rings. The SMILES string of the molecule is Clc1nc(Cl)c2c(cc(Br)c3ccoc32)n1. The summed E-state index contributed by atoms with van der Waals surface area (Å²) in [6, 6.07) is 3.69. The summed E-state index contributed by atoms with van der Waals surface area (Å²) in [6.07, 6.45) is 1.60. The summed E-state index contributed by atoms with van der Waals surface area (Å²) in [5.74, 6) is 0. The van der Waals surface area contributed by atoms with Crippen LogP contribution in [-0.2, 0) is 0 Å². The predicted molar refractivity (Wildman–Crippen MR) is 67.0 cm³/mol. The van der Waals surface area contributed by atoms with E-state index in [0.717, 1.165) is 9.86 Å². The van der Waals surface area contributed by atoms with Crippen molar-refractivity contribution < 1.29 is 4.42 Å². The van der Waals surface area contributed by atoms with Crippen molar-refractivity contribution in [3.05, 3.63) is 33.3 Å². The summed E-state index contributed by atoms with van der Waals surface area (Å²) < 4.78 is 6.28. The maximum Gasteiger partial charge on any atom is 0.224 e. The Labute approximate surface area is 109 Å². The minimum absolute atomic E-state index is 0.121. The van der Waals surface area contributed by atoms with E-state index in [9.17, 15) is 0 Å². The highest BCUT2D eigenvalue weighted by Crippen LogP contribution is 2.35. The minimum atomic E-state index is 0.121. The van der Waals surface area contributed by atoms with Crippen LogP contribution in [0.4, 0.5) is 0 Å². The molecule has 0 atom stereocenters. The summed E-state index contributed by atoms with van der Waals surface area (Å²) in [6.45, 7) is 0. The Morgan fingerprint density at radius 2 is 2.06 bits per heavy atom. The average Bonchev–Trinajstić information content (AvgIpc) is 2.65. The molecule has 0 bridgehead atoms. The number of fused-ring (bicyclic) bond motifs is 3. The van der Waals surface area contributed by atoms with Crippen LogP contribution >= 0.6 is 39.1 Å².